The van der Waals surface area contributed by atoms with Crippen molar-refractivity contribution in [3.05, 3.63) is 309 Å². The first-order valence-electron chi connectivity index (χ1n) is 28.8. The summed E-state index contributed by atoms with van der Waals surface area (Å²) >= 11 is 0. The van der Waals surface area contributed by atoms with Gasteiger partial charge in [-0.15, -0.1) is 0 Å². The lowest BCUT2D eigenvalue weighted by Crippen LogP contribution is -2.27. The average molecular weight is 1040 g/mol. The van der Waals surface area contributed by atoms with E-state index < -0.39 is 0 Å². The van der Waals surface area contributed by atoms with Gasteiger partial charge in [-0.2, -0.15) is 0 Å². The first-order valence-corrected chi connectivity index (χ1v) is 28.8. The van der Waals surface area contributed by atoms with Gasteiger partial charge >= 0.3 is 0 Å². The second kappa shape index (κ2) is 22.6. The normalized spacial score (nSPS) is 13.5. The van der Waals surface area contributed by atoms with Crippen LogP contribution in [0.1, 0.15) is 128 Å². The van der Waals surface area contributed by atoms with Crippen molar-refractivity contribution in [1.82, 2.24) is 0 Å². The van der Waals surface area contributed by atoms with Gasteiger partial charge in [-0.05, 0) is 173 Å². The Balaban J connectivity index is 0.864. The molecule has 0 saturated heterocycles. The van der Waals surface area contributed by atoms with Crippen LogP contribution in [0, 0.1) is 13.8 Å². The highest BCUT2D eigenvalue weighted by molar-refractivity contribution is 5.83. The summed E-state index contributed by atoms with van der Waals surface area (Å²) in [7, 11) is 0. The van der Waals surface area contributed by atoms with E-state index in [-0.39, 0.29) is 16.2 Å². The molecule has 11 rings (SSSR count). The molecular weight excluding hydrogens is 965 g/mol. The summed E-state index contributed by atoms with van der Waals surface area (Å²) < 4.78 is 0. The van der Waals surface area contributed by atoms with Crippen LogP contribution in [0.25, 0.3) is 35.4 Å². The van der Waals surface area contributed by atoms with Gasteiger partial charge < -0.3 is 9.80 Å². The van der Waals surface area contributed by atoms with Crippen molar-refractivity contribution in [3.8, 4) is 11.1 Å². The molecule has 0 fully saturated rings. The number of hydrogen-bond donors (Lipinski definition) is 0. The molecule has 0 amide bonds. The van der Waals surface area contributed by atoms with E-state index in [9.17, 15) is 0 Å². The fourth-order valence-corrected chi connectivity index (χ4v) is 12.4. The maximum Gasteiger partial charge on any atom is 0.0462 e. The summed E-state index contributed by atoms with van der Waals surface area (Å²) in [6, 6.07) is 90.1. The van der Waals surface area contributed by atoms with Crippen molar-refractivity contribution in [2.24, 2.45) is 0 Å². The van der Waals surface area contributed by atoms with Gasteiger partial charge in [0.25, 0.3) is 0 Å². The minimum absolute atomic E-state index is 0.156. The third kappa shape index (κ3) is 10.4. The minimum Gasteiger partial charge on any atom is -0.311 e. The molecule has 1 aliphatic rings. The fraction of sp³-hybridized carbons (Fsp3) is 0.179. The third-order valence-electron chi connectivity index (χ3n) is 17.6. The van der Waals surface area contributed by atoms with Crippen LogP contribution in [-0.4, -0.2) is 0 Å². The summed E-state index contributed by atoms with van der Waals surface area (Å²) in [6.45, 7) is 18.7. The molecule has 1 atom stereocenters. The predicted octanol–water partition coefficient (Wildman–Crippen LogP) is 21.7. The van der Waals surface area contributed by atoms with Crippen LogP contribution in [0.4, 0.5) is 34.1 Å². The lowest BCUT2D eigenvalue weighted by molar-refractivity contribution is 0.477. The van der Waals surface area contributed by atoms with Crippen molar-refractivity contribution >= 4 is 58.4 Å². The van der Waals surface area contributed by atoms with Crippen LogP contribution in [0.2, 0.25) is 0 Å². The average Bonchev–Trinajstić information content (AvgIpc) is 3.65. The molecule has 0 aromatic heterocycles. The molecule has 80 heavy (non-hydrogen) atoms. The van der Waals surface area contributed by atoms with Crippen LogP contribution in [0.5, 0.6) is 0 Å². The number of aryl methyl sites for hydroxylation is 2. The molecule has 0 heterocycles. The smallest absolute Gasteiger partial charge is 0.0462 e. The molecule has 396 valence electrons. The molecule has 2 nitrogen and oxygen atoms in total. The molecule has 0 radical (unpaired) electrons. The number of rotatable bonds is 17. The highest BCUT2D eigenvalue weighted by atomic mass is 15.1. The Morgan fingerprint density at radius 2 is 0.650 bits per heavy atom. The van der Waals surface area contributed by atoms with E-state index in [0.29, 0.717) is 0 Å². The standard InChI is InChI=1S/C78H74N2/c1-9-77(8,62-34-48-70(49-35-62)79(66-40-22-56(4)23-41-66)68-44-30-60(31-45-68)28-26-58-18-14-12-15-19-58)64-38-52-72-73-53-39-65(55-75(73)76(6,7)74(72)54-64)78(10-2,11-3)63-36-50-71(51-37-63)80(67-42-24-57(5)25-43-67)69-46-32-61(33-47-69)29-27-59-20-16-13-17-21-59/h12-55H,9-11H2,1-8H3/b28-26+,29-27+. The topological polar surface area (TPSA) is 6.48 Å². The lowest BCUT2D eigenvalue weighted by Gasteiger charge is -2.35. The monoisotopic (exact) mass is 1040 g/mol. The van der Waals surface area contributed by atoms with Gasteiger partial charge in [0.1, 0.15) is 0 Å². The summed E-state index contributed by atoms with van der Waals surface area (Å²) in [4.78, 5) is 4.75. The van der Waals surface area contributed by atoms with Gasteiger partial charge in [0.15, 0.2) is 0 Å². The zero-order chi connectivity index (χ0) is 55.4. The Morgan fingerprint density at radius 1 is 0.338 bits per heavy atom. The van der Waals surface area contributed by atoms with Crippen molar-refractivity contribution in [2.45, 2.75) is 90.9 Å². The molecule has 0 aliphatic heterocycles. The van der Waals surface area contributed by atoms with E-state index in [1.165, 1.54) is 77.9 Å². The highest BCUT2D eigenvalue weighted by Crippen LogP contribution is 2.53. The number of anilines is 6. The van der Waals surface area contributed by atoms with Gasteiger partial charge in [-0.3, -0.25) is 0 Å². The van der Waals surface area contributed by atoms with E-state index in [2.05, 4.69) is 332 Å². The van der Waals surface area contributed by atoms with Crippen LogP contribution in [0.15, 0.2) is 243 Å². The summed E-state index contributed by atoms with van der Waals surface area (Å²) in [6.07, 6.45) is 11.7. The molecule has 0 N–H and O–H groups in total. The Morgan fingerprint density at radius 3 is 1.02 bits per heavy atom. The largest absolute Gasteiger partial charge is 0.311 e. The first kappa shape index (κ1) is 53.3. The number of benzene rings is 10. The Bertz CT molecular complexity index is 3770. The molecular formula is C78H74N2. The minimum atomic E-state index is -0.199. The molecule has 1 unspecified atom stereocenters. The van der Waals surface area contributed by atoms with Gasteiger partial charge in [-0.1, -0.05) is 247 Å². The van der Waals surface area contributed by atoms with Crippen molar-refractivity contribution in [3.63, 3.8) is 0 Å². The Labute approximate surface area is 477 Å². The number of nitrogens with zero attached hydrogens (tertiary/aromatic N) is 2. The quantitative estimate of drug-likeness (QED) is 0.0839. The highest BCUT2D eigenvalue weighted by Gasteiger charge is 2.40. The maximum atomic E-state index is 2.56. The van der Waals surface area contributed by atoms with E-state index in [0.717, 1.165) is 53.4 Å². The van der Waals surface area contributed by atoms with E-state index in [1.807, 2.05) is 0 Å². The molecule has 2 heteroatoms. The predicted molar refractivity (Wildman–Crippen MR) is 345 cm³/mol. The lowest BCUT2D eigenvalue weighted by atomic mass is 9.69. The molecule has 0 spiro atoms. The van der Waals surface area contributed by atoms with Crippen LogP contribution in [-0.2, 0) is 16.2 Å². The van der Waals surface area contributed by atoms with Crippen molar-refractivity contribution < 1.29 is 0 Å². The van der Waals surface area contributed by atoms with Gasteiger partial charge in [0.2, 0.25) is 0 Å². The molecule has 10 aromatic carbocycles. The number of hydrogen-bond acceptors (Lipinski definition) is 2. The van der Waals surface area contributed by atoms with Gasteiger partial charge in [0.05, 0.1) is 0 Å². The molecule has 0 bridgehead atoms. The van der Waals surface area contributed by atoms with Gasteiger partial charge in [0, 0.05) is 50.4 Å². The van der Waals surface area contributed by atoms with Crippen LogP contribution >= 0.6 is 0 Å². The van der Waals surface area contributed by atoms with Crippen LogP contribution in [0.3, 0.4) is 0 Å². The first-order chi connectivity index (χ1) is 38.9. The second-order valence-corrected chi connectivity index (χ2v) is 22.7. The molecule has 1 aliphatic carbocycles. The van der Waals surface area contributed by atoms with Crippen molar-refractivity contribution in [2.75, 3.05) is 9.80 Å². The Kier molecular flexibility index (Phi) is 15.0. The van der Waals surface area contributed by atoms with E-state index in [4.69, 9.17) is 0 Å². The van der Waals surface area contributed by atoms with E-state index >= 15 is 0 Å². The summed E-state index contributed by atoms with van der Waals surface area (Å²) in [5, 5.41) is 0. The van der Waals surface area contributed by atoms with E-state index in [1.54, 1.807) is 0 Å². The summed E-state index contributed by atoms with van der Waals surface area (Å²) in [5.74, 6) is 0. The third-order valence-corrected chi connectivity index (χ3v) is 17.6. The fourth-order valence-electron chi connectivity index (χ4n) is 12.4. The number of fused-ring (bicyclic) bond motifs is 3. The SMILES string of the molecule is CCC(C)(c1ccc(N(c2ccc(C)cc2)c2ccc(/C=C/c3ccccc3)cc2)cc1)c1ccc2c(c1)C(C)(C)c1cc(C(CC)(CC)c3ccc(N(c4ccc(C)cc4)c4ccc(/C=C/c5ccccc5)cc4)cc3)ccc1-2. The second-order valence-electron chi connectivity index (χ2n) is 22.7. The molecule has 0 saturated carbocycles. The van der Waals surface area contributed by atoms with Crippen molar-refractivity contribution in [1.29, 1.82) is 0 Å². The maximum absolute atomic E-state index is 2.56. The Hall–Kier alpha value is -8.72. The van der Waals surface area contributed by atoms with Gasteiger partial charge in [-0.25, -0.2) is 0 Å². The zero-order valence-corrected chi connectivity index (χ0v) is 47.9. The summed E-state index contributed by atoms with van der Waals surface area (Å²) in [5.41, 5.74) is 24.4. The molecule has 10 aromatic rings. The van der Waals surface area contributed by atoms with Crippen LogP contribution < -0.4 is 9.80 Å². The zero-order valence-electron chi connectivity index (χ0n) is 47.9.